The molecule has 108 valence electrons. The molecule has 1 heterocycles. The highest BCUT2D eigenvalue weighted by Crippen LogP contribution is 2.24. The number of methoxy groups -OCH3 is 1. The molecule has 0 bridgehead atoms. The molecule has 0 spiro atoms. The highest BCUT2D eigenvalue weighted by atomic mass is 16.5. The van der Waals surface area contributed by atoms with E-state index in [-0.39, 0.29) is 0 Å². The maximum atomic E-state index is 10.2. The minimum absolute atomic E-state index is 0.581. The number of nitrogens with one attached hydrogen (secondary N) is 1. The third-order valence-corrected chi connectivity index (χ3v) is 3.81. The lowest BCUT2D eigenvalue weighted by atomic mass is 9.97. The van der Waals surface area contributed by atoms with Crippen LogP contribution in [0.2, 0.25) is 0 Å². The summed E-state index contributed by atoms with van der Waals surface area (Å²) in [6, 6.07) is 0. The van der Waals surface area contributed by atoms with Gasteiger partial charge in [0, 0.05) is 30.4 Å². The molecule has 4 nitrogen and oxygen atoms in total. The number of hydrogen-bond donors (Lipinski definition) is 2. The smallest absolute Gasteiger partial charge is 0.128 e. The largest absolute Gasteiger partial charge is 0.496 e. The number of aliphatic hydroxyl groups is 1. The molecule has 4 heteroatoms. The Labute approximate surface area is 116 Å². The zero-order valence-electron chi connectivity index (χ0n) is 12.7. The summed E-state index contributed by atoms with van der Waals surface area (Å²) in [7, 11) is 1.68. The van der Waals surface area contributed by atoms with Gasteiger partial charge in [-0.25, -0.2) is 0 Å². The molecule has 0 saturated carbocycles. The van der Waals surface area contributed by atoms with Crippen LogP contribution in [-0.2, 0) is 6.54 Å². The van der Waals surface area contributed by atoms with Crippen LogP contribution in [0.25, 0.3) is 0 Å². The van der Waals surface area contributed by atoms with E-state index in [2.05, 4.69) is 10.3 Å². The van der Waals surface area contributed by atoms with Crippen molar-refractivity contribution in [3.05, 3.63) is 23.0 Å². The van der Waals surface area contributed by atoms with E-state index in [9.17, 15) is 5.11 Å². The van der Waals surface area contributed by atoms with Gasteiger partial charge in [-0.05, 0) is 26.7 Å². The van der Waals surface area contributed by atoms with Gasteiger partial charge in [-0.2, -0.15) is 0 Å². The molecule has 0 amide bonds. The summed E-state index contributed by atoms with van der Waals surface area (Å²) in [6.45, 7) is 9.24. The highest BCUT2D eigenvalue weighted by Gasteiger charge is 2.21. The van der Waals surface area contributed by atoms with Crippen LogP contribution in [0.1, 0.15) is 43.5 Å². The van der Waals surface area contributed by atoms with Gasteiger partial charge in [0.15, 0.2) is 0 Å². The van der Waals surface area contributed by atoms with E-state index in [4.69, 9.17) is 4.74 Å². The molecule has 0 radical (unpaired) electrons. The maximum absolute atomic E-state index is 10.2. The Bertz CT molecular complexity index is 415. The minimum atomic E-state index is -0.622. The second-order valence-electron chi connectivity index (χ2n) is 5.08. The summed E-state index contributed by atoms with van der Waals surface area (Å²) < 4.78 is 5.39. The lowest BCUT2D eigenvalue weighted by molar-refractivity contribution is 0.0322. The number of hydrogen-bond acceptors (Lipinski definition) is 4. The van der Waals surface area contributed by atoms with Crippen LogP contribution in [-0.4, -0.2) is 29.3 Å². The van der Waals surface area contributed by atoms with Crippen molar-refractivity contribution < 1.29 is 9.84 Å². The van der Waals surface area contributed by atoms with Gasteiger partial charge >= 0.3 is 0 Å². The van der Waals surface area contributed by atoms with Crippen molar-refractivity contribution in [2.24, 2.45) is 0 Å². The molecule has 0 aliphatic carbocycles. The van der Waals surface area contributed by atoms with Crippen molar-refractivity contribution in [1.29, 1.82) is 0 Å². The molecule has 2 N–H and O–H groups in total. The van der Waals surface area contributed by atoms with Gasteiger partial charge in [-0.15, -0.1) is 0 Å². The van der Waals surface area contributed by atoms with Gasteiger partial charge in [0.2, 0.25) is 0 Å². The lowest BCUT2D eigenvalue weighted by Crippen LogP contribution is -2.39. The Morgan fingerprint density at radius 3 is 2.47 bits per heavy atom. The quantitative estimate of drug-likeness (QED) is 0.795. The third kappa shape index (κ3) is 3.91. The SMILES string of the molecule is CCC(O)(CC)CNCc1ncc(C)c(OC)c1C. The van der Waals surface area contributed by atoms with Crippen molar-refractivity contribution in [2.45, 2.75) is 52.7 Å². The summed E-state index contributed by atoms with van der Waals surface area (Å²) in [5, 5.41) is 13.5. The predicted molar refractivity (Wildman–Crippen MR) is 77.5 cm³/mol. The van der Waals surface area contributed by atoms with E-state index >= 15 is 0 Å². The molecule has 1 aromatic heterocycles. The summed E-state index contributed by atoms with van der Waals surface area (Å²) in [4.78, 5) is 4.43. The van der Waals surface area contributed by atoms with E-state index in [1.165, 1.54) is 0 Å². The van der Waals surface area contributed by atoms with Crippen LogP contribution in [0.3, 0.4) is 0 Å². The predicted octanol–water partition coefficient (Wildman–Crippen LogP) is 2.35. The Morgan fingerprint density at radius 1 is 1.32 bits per heavy atom. The van der Waals surface area contributed by atoms with Crippen molar-refractivity contribution in [2.75, 3.05) is 13.7 Å². The summed E-state index contributed by atoms with van der Waals surface area (Å²) in [5.74, 6) is 0.896. The van der Waals surface area contributed by atoms with Gasteiger partial charge in [0.25, 0.3) is 0 Å². The van der Waals surface area contributed by atoms with Crippen LogP contribution in [0.4, 0.5) is 0 Å². The third-order valence-electron chi connectivity index (χ3n) is 3.81. The van der Waals surface area contributed by atoms with Crippen LogP contribution in [0, 0.1) is 13.8 Å². The highest BCUT2D eigenvalue weighted by molar-refractivity contribution is 5.40. The van der Waals surface area contributed by atoms with Gasteiger partial charge in [0.1, 0.15) is 5.75 Å². The topological polar surface area (TPSA) is 54.4 Å². The molecule has 1 rings (SSSR count). The Hall–Kier alpha value is -1.13. The monoisotopic (exact) mass is 266 g/mol. The number of aromatic nitrogens is 1. The summed E-state index contributed by atoms with van der Waals surface area (Å²) >= 11 is 0. The molecule has 19 heavy (non-hydrogen) atoms. The van der Waals surface area contributed by atoms with Crippen LogP contribution in [0.15, 0.2) is 6.20 Å². The van der Waals surface area contributed by atoms with E-state index < -0.39 is 5.60 Å². The fourth-order valence-corrected chi connectivity index (χ4v) is 2.16. The van der Waals surface area contributed by atoms with Crippen molar-refractivity contribution in [3.8, 4) is 5.75 Å². The molecular weight excluding hydrogens is 240 g/mol. The van der Waals surface area contributed by atoms with E-state index in [0.29, 0.717) is 13.1 Å². The maximum Gasteiger partial charge on any atom is 0.128 e. The number of ether oxygens (including phenoxy) is 1. The average molecular weight is 266 g/mol. The Kier molecular flexibility index (Phi) is 5.76. The van der Waals surface area contributed by atoms with Crippen LogP contribution >= 0.6 is 0 Å². The normalized spacial score (nSPS) is 11.7. The number of pyridine rings is 1. The van der Waals surface area contributed by atoms with Gasteiger partial charge in [-0.3, -0.25) is 4.98 Å². The second-order valence-corrected chi connectivity index (χ2v) is 5.08. The summed E-state index contributed by atoms with van der Waals surface area (Å²) in [6.07, 6.45) is 3.33. The van der Waals surface area contributed by atoms with E-state index in [1.54, 1.807) is 7.11 Å². The fourth-order valence-electron chi connectivity index (χ4n) is 2.16. The van der Waals surface area contributed by atoms with Gasteiger partial charge < -0.3 is 15.2 Å². The van der Waals surface area contributed by atoms with Crippen molar-refractivity contribution in [3.63, 3.8) is 0 Å². The lowest BCUT2D eigenvalue weighted by Gasteiger charge is -2.25. The number of aryl methyl sites for hydroxylation is 1. The van der Waals surface area contributed by atoms with Gasteiger partial charge in [-0.1, -0.05) is 13.8 Å². The zero-order valence-corrected chi connectivity index (χ0v) is 12.7. The molecule has 0 aliphatic heterocycles. The average Bonchev–Trinajstić information content (AvgIpc) is 2.41. The molecule has 0 unspecified atom stereocenters. The molecule has 1 aromatic rings. The number of rotatable bonds is 7. The van der Waals surface area contributed by atoms with Crippen LogP contribution < -0.4 is 10.1 Å². The standard InChI is InChI=1S/C15H26N2O2/c1-6-15(18,7-2)10-16-9-13-12(4)14(19-5)11(3)8-17-13/h8,16,18H,6-7,9-10H2,1-5H3. The molecule has 0 saturated heterocycles. The van der Waals surface area contributed by atoms with E-state index in [1.807, 2.05) is 33.9 Å². The molecular formula is C15H26N2O2. The first-order valence-electron chi connectivity index (χ1n) is 6.89. The minimum Gasteiger partial charge on any atom is -0.496 e. The van der Waals surface area contributed by atoms with Crippen LogP contribution in [0.5, 0.6) is 5.75 Å². The first-order valence-corrected chi connectivity index (χ1v) is 6.89. The Morgan fingerprint density at radius 2 is 1.95 bits per heavy atom. The second kappa shape index (κ2) is 6.87. The zero-order chi connectivity index (χ0) is 14.5. The molecule has 0 aliphatic rings. The summed E-state index contributed by atoms with van der Waals surface area (Å²) in [5.41, 5.74) is 2.45. The molecule has 0 aromatic carbocycles. The van der Waals surface area contributed by atoms with E-state index in [0.717, 1.165) is 35.4 Å². The van der Waals surface area contributed by atoms with Gasteiger partial charge in [0.05, 0.1) is 18.4 Å². The number of nitrogens with zero attached hydrogens (tertiary/aromatic N) is 1. The fraction of sp³-hybridized carbons (Fsp3) is 0.667. The molecule has 0 atom stereocenters. The van der Waals surface area contributed by atoms with Crippen molar-refractivity contribution in [1.82, 2.24) is 10.3 Å². The van der Waals surface area contributed by atoms with Crippen molar-refractivity contribution >= 4 is 0 Å². The molecule has 0 fully saturated rings. The first kappa shape index (κ1) is 15.9. The first-order chi connectivity index (χ1) is 8.97. The Balaban J connectivity index is 2.69.